The zero-order valence-corrected chi connectivity index (χ0v) is 7.49. The van der Waals surface area contributed by atoms with E-state index in [2.05, 4.69) is 4.90 Å². The van der Waals surface area contributed by atoms with E-state index in [0.717, 1.165) is 4.99 Å². The normalized spacial score (nSPS) is 28.7. The lowest BCUT2D eigenvalue weighted by Crippen LogP contribution is -2.48. The number of hydrogen-bond donors (Lipinski definition) is 1. The Morgan fingerprint density at radius 1 is 1.27 bits per heavy atom. The van der Waals surface area contributed by atoms with Gasteiger partial charge in [0.1, 0.15) is 0 Å². The maximum atomic E-state index is 5.76. The summed E-state index contributed by atoms with van der Waals surface area (Å²) in [6, 6.07) is 0. The molecule has 3 heteroatoms. The molecule has 0 aromatic rings. The SMILES string of the molecule is NC(=S)C12CCCN1CCC2. The van der Waals surface area contributed by atoms with Crippen LogP contribution in [0.25, 0.3) is 0 Å². The molecule has 2 rings (SSSR count). The van der Waals surface area contributed by atoms with E-state index >= 15 is 0 Å². The maximum Gasteiger partial charge on any atom is 0.0933 e. The molecule has 0 amide bonds. The molecule has 0 aromatic heterocycles. The maximum absolute atomic E-state index is 5.76. The summed E-state index contributed by atoms with van der Waals surface area (Å²) in [5, 5.41) is 0. The zero-order valence-electron chi connectivity index (χ0n) is 6.68. The predicted octanol–water partition coefficient (Wildman–Crippen LogP) is 0.901. The Kier molecular flexibility index (Phi) is 1.65. The van der Waals surface area contributed by atoms with E-state index in [9.17, 15) is 0 Å². The summed E-state index contributed by atoms with van der Waals surface area (Å²) in [4.78, 5) is 3.20. The van der Waals surface area contributed by atoms with Gasteiger partial charge in [-0.05, 0) is 38.8 Å². The van der Waals surface area contributed by atoms with Crippen molar-refractivity contribution in [2.75, 3.05) is 13.1 Å². The Morgan fingerprint density at radius 3 is 2.18 bits per heavy atom. The first-order chi connectivity index (χ1) is 5.26. The summed E-state index contributed by atoms with van der Waals surface area (Å²) in [5.74, 6) is 0. The molecule has 2 saturated heterocycles. The molecule has 62 valence electrons. The zero-order chi connectivity index (χ0) is 7.90. The molecule has 0 spiro atoms. The molecule has 0 unspecified atom stereocenters. The highest BCUT2D eigenvalue weighted by atomic mass is 32.1. The van der Waals surface area contributed by atoms with Crippen LogP contribution in [0.3, 0.4) is 0 Å². The highest BCUT2D eigenvalue weighted by Crippen LogP contribution is 2.38. The van der Waals surface area contributed by atoms with Crippen molar-refractivity contribution in [1.29, 1.82) is 0 Å². The molecule has 0 aliphatic carbocycles. The number of rotatable bonds is 1. The van der Waals surface area contributed by atoms with Gasteiger partial charge in [-0.1, -0.05) is 12.2 Å². The lowest BCUT2D eigenvalue weighted by atomic mass is 9.94. The van der Waals surface area contributed by atoms with Gasteiger partial charge < -0.3 is 5.73 Å². The lowest BCUT2D eigenvalue weighted by Gasteiger charge is -2.30. The van der Waals surface area contributed by atoms with E-state index in [0.29, 0.717) is 0 Å². The van der Waals surface area contributed by atoms with Crippen LogP contribution >= 0.6 is 12.2 Å². The van der Waals surface area contributed by atoms with Crippen molar-refractivity contribution in [2.24, 2.45) is 5.73 Å². The van der Waals surface area contributed by atoms with Gasteiger partial charge in [0.2, 0.25) is 0 Å². The molecule has 2 fully saturated rings. The van der Waals surface area contributed by atoms with Crippen LogP contribution in [-0.2, 0) is 0 Å². The second-order valence-electron chi connectivity index (χ2n) is 3.59. The summed E-state index contributed by atoms with van der Waals surface area (Å²) < 4.78 is 0. The van der Waals surface area contributed by atoms with Crippen molar-refractivity contribution < 1.29 is 0 Å². The summed E-state index contributed by atoms with van der Waals surface area (Å²) >= 11 is 5.12. The van der Waals surface area contributed by atoms with E-state index in [1.807, 2.05) is 0 Å². The Morgan fingerprint density at radius 2 is 1.82 bits per heavy atom. The van der Waals surface area contributed by atoms with Crippen LogP contribution < -0.4 is 5.73 Å². The van der Waals surface area contributed by atoms with Gasteiger partial charge >= 0.3 is 0 Å². The summed E-state index contributed by atoms with van der Waals surface area (Å²) in [5.41, 5.74) is 5.91. The molecule has 0 atom stereocenters. The molecular weight excluding hydrogens is 156 g/mol. The topological polar surface area (TPSA) is 29.3 Å². The van der Waals surface area contributed by atoms with Crippen LogP contribution in [0.2, 0.25) is 0 Å². The molecular formula is C8H14N2S. The van der Waals surface area contributed by atoms with Crippen LogP contribution in [0.1, 0.15) is 25.7 Å². The molecule has 0 aromatic carbocycles. The quantitative estimate of drug-likeness (QED) is 0.593. The van der Waals surface area contributed by atoms with Gasteiger partial charge in [0.25, 0.3) is 0 Å². The molecule has 11 heavy (non-hydrogen) atoms. The minimum atomic E-state index is 0.148. The molecule has 2 aliphatic heterocycles. The van der Waals surface area contributed by atoms with Crippen molar-refractivity contribution in [3.05, 3.63) is 0 Å². The molecule has 0 bridgehead atoms. The Balaban J connectivity index is 2.26. The molecule has 0 saturated carbocycles. The molecule has 2 N–H and O–H groups in total. The van der Waals surface area contributed by atoms with Crippen LogP contribution in [0.5, 0.6) is 0 Å². The second-order valence-corrected chi connectivity index (χ2v) is 4.03. The Bertz CT molecular complexity index is 181. The summed E-state index contributed by atoms with van der Waals surface area (Å²) in [7, 11) is 0. The number of thiocarbonyl (C=S) groups is 1. The second kappa shape index (κ2) is 2.42. The number of nitrogens with zero attached hydrogens (tertiary/aromatic N) is 1. The molecule has 2 aliphatic rings. The van der Waals surface area contributed by atoms with Crippen molar-refractivity contribution >= 4 is 17.2 Å². The van der Waals surface area contributed by atoms with Gasteiger partial charge in [-0.15, -0.1) is 0 Å². The minimum absolute atomic E-state index is 0.148. The van der Waals surface area contributed by atoms with Crippen molar-refractivity contribution in [2.45, 2.75) is 31.2 Å². The van der Waals surface area contributed by atoms with Gasteiger partial charge in [0, 0.05) is 0 Å². The smallest absolute Gasteiger partial charge is 0.0933 e. The van der Waals surface area contributed by atoms with E-state index < -0.39 is 0 Å². The first-order valence-corrected chi connectivity index (χ1v) is 4.71. The fraction of sp³-hybridized carbons (Fsp3) is 0.875. The molecule has 2 nitrogen and oxygen atoms in total. The standard InChI is InChI=1S/C8H14N2S/c9-7(11)8-3-1-5-10(8)6-2-4-8/h1-6H2,(H2,9,11). The van der Waals surface area contributed by atoms with Gasteiger partial charge in [-0.25, -0.2) is 0 Å². The first kappa shape index (κ1) is 7.50. The monoisotopic (exact) mass is 170 g/mol. The van der Waals surface area contributed by atoms with Crippen LogP contribution in [0.4, 0.5) is 0 Å². The Hall–Kier alpha value is -0.150. The average Bonchev–Trinajstić information content (AvgIpc) is 2.40. The number of nitrogens with two attached hydrogens (primary N) is 1. The average molecular weight is 170 g/mol. The van der Waals surface area contributed by atoms with Crippen molar-refractivity contribution in [3.63, 3.8) is 0 Å². The third-order valence-corrected chi connectivity index (χ3v) is 3.48. The highest BCUT2D eigenvalue weighted by molar-refractivity contribution is 7.80. The molecule has 0 radical (unpaired) electrons. The minimum Gasteiger partial charge on any atom is -0.392 e. The van der Waals surface area contributed by atoms with E-state index in [-0.39, 0.29) is 5.54 Å². The van der Waals surface area contributed by atoms with Crippen LogP contribution in [0.15, 0.2) is 0 Å². The summed E-state index contributed by atoms with van der Waals surface area (Å²) in [6.07, 6.45) is 4.94. The van der Waals surface area contributed by atoms with E-state index in [4.69, 9.17) is 18.0 Å². The van der Waals surface area contributed by atoms with E-state index in [1.54, 1.807) is 0 Å². The fourth-order valence-electron chi connectivity index (χ4n) is 2.51. The fourth-order valence-corrected chi connectivity index (χ4v) is 2.84. The van der Waals surface area contributed by atoms with E-state index in [1.165, 1.54) is 38.8 Å². The van der Waals surface area contributed by atoms with Crippen LogP contribution in [-0.4, -0.2) is 28.5 Å². The predicted molar refractivity (Wildman–Crippen MR) is 49.6 cm³/mol. The van der Waals surface area contributed by atoms with Crippen molar-refractivity contribution in [3.8, 4) is 0 Å². The third-order valence-electron chi connectivity index (χ3n) is 3.10. The lowest BCUT2D eigenvalue weighted by molar-refractivity contribution is 0.272. The summed E-state index contributed by atoms with van der Waals surface area (Å²) in [6.45, 7) is 2.41. The largest absolute Gasteiger partial charge is 0.392 e. The van der Waals surface area contributed by atoms with Gasteiger partial charge in [-0.3, -0.25) is 4.90 Å². The number of hydrogen-bond acceptors (Lipinski definition) is 2. The van der Waals surface area contributed by atoms with Crippen molar-refractivity contribution in [1.82, 2.24) is 4.90 Å². The molecule has 2 heterocycles. The number of fused-ring (bicyclic) bond motifs is 1. The Labute approximate surface area is 72.7 Å². The van der Waals surface area contributed by atoms with Gasteiger partial charge in [-0.2, -0.15) is 0 Å². The first-order valence-electron chi connectivity index (χ1n) is 4.31. The highest BCUT2D eigenvalue weighted by Gasteiger charge is 2.46. The third kappa shape index (κ3) is 0.908. The van der Waals surface area contributed by atoms with Crippen LogP contribution in [0, 0.1) is 0 Å². The van der Waals surface area contributed by atoms with Gasteiger partial charge in [0.05, 0.1) is 10.5 Å². The van der Waals surface area contributed by atoms with Gasteiger partial charge in [0.15, 0.2) is 0 Å².